The van der Waals surface area contributed by atoms with Gasteiger partial charge < -0.3 is 5.43 Å². The Balaban J connectivity index is 2.06. The molecule has 0 amide bonds. The van der Waals surface area contributed by atoms with Gasteiger partial charge in [-0.1, -0.05) is 0 Å². The van der Waals surface area contributed by atoms with E-state index >= 15 is 0 Å². The fraction of sp³-hybridized carbons (Fsp3) is 0.636. The van der Waals surface area contributed by atoms with E-state index in [1.54, 1.807) is 6.07 Å². The van der Waals surface area contributed by atoms with Crippen molar-refractivity contribution >= 4 is 15.7 Å². The lowest BCUT2D eigenvalue weighted by molar-refractivity contribution is 0.280. The lowest BCUT2D eigenvalue weighted by atomic mass is 10.3. The molecule has 0 atom stereocenters. The molecule has 0 spiro atoms. The summed E-state index contributed by atoms with van der Waals surface area (Å²) < 4.78 is 23.1. The fourth-order valence-electron chi connectivity index (χ4n) is 2.12. The molecule has 0 aromatic carbocycles. The number of hydrogen-bond donors (Lipinski definition) is 2. The van der Waals surface area contributed by atoms with Crippen LogP contribution < -0.4 is 11.3 Å². The Bertz CT molecular complexity index is 546. The minimum absolute atomic E-state index is 0.209. The fourth-order valence-corrected chi connectivity index (χ4v) is 3.43. The number of nitrogens with two attached hydrogens (primary N) is 1. The Labute approximate surface area is 113 Å². The average molecular weight is 285 g/mol. The zero-order valence-electron chi connectivity index (χ0n) is 11.0. The number of nitrogens with one attached hydrogen (secondary N) is 1. The van der Waals surface area contributed by atoms with Crippen LogP contribution in [0.4, 0.5) is 5.82 Å². The number of aryl methyl sites for hydroxylation is 1. The maximum Gasteiger partial charge on any atom is 0.151 e. The molecular weight excluding hydrogens is 266 g/mol. The summed E-state index contributed by atoms with van der Waals surface area (Å²) in [6, 6.07) is 1.76. The van der Waals surface area contributed by atoms with Gasteiger partial charge in [-0.05, 0) is 19.9 Å². The first-order valence-corrected chi connectivity index (χ1v) is 8.04. The smallest absolute Gasteiger partial charge is 0.151 e. The van der Waals surface area contributed by atoms with Gasteiger partial charge in [-0.25, -0.2) is 24.2 Å². The van der Waals surface area contributed by atoms with Gasteiger partial charge in [-0.15, -0.1) is 0 Å². The predicted molar refractivity (Wildman–Crippen MR) is 73.1 cm³/mol. The molecule has 3 N–H and O–H groups in total. The maximum absolute atomic E-state index is 11.5. The van der Waals surface area contributed by atoms with Crippen molar-refractivity contribution in [3.05, 3.63) is 17.6 Å². The Morgan fingerprint density at radius 3 is 2.89 bits per heavy atom. The van der Waals surface area contributed by atoms with Gasteiger partial charge in [0.25, 0.3) is 0 Å². The summed E-state index contributed by atoms with van der Waals surface area (Å²) in [5, 5.41) is 0. The van der Waals surface area contributed by atoms with Crippen molar-refractivity contribution < 1.29 is 8.42 Å². The van der Waals surface area contributed by atoms with Gasteiger partial charge >= 0.3 is 0 Å². The monoisotopic (exact) mass is 285 g/mol. The van der Waals surface area contributed by atoms with Crippen LogP contribution in [0.2, 0.25) is 0 Å². The summed E-state index contributed by atoms with van der Waals surface area (Å²) in [4.78, 5) is 10.7. The summed E-state index contributed by atoms with van der Waals surface area (Å²) in [6.07, 6.45) is 0.663. The van der Waals surface area contributed by atoms with Crippen molar-refractivity contribution in [1.82, 2.24) is 14.9 Å². The Morgan fingerprint density at radius 1 is 1.37 bits per heavy atom. The highest BCUT2D eigenvalue weighted by molar-refractivity contribution is 7.91. The minimum Gasteiger partial charge on any atom is -0.308 e. The number of hydrazine groups is 1. The van der Waals surface area contributed by atoms with E-state index in [9.17, 15) is 8.42 Å². The van der Waals surface area contributed by atoms with Crippen molar-refractivity contribution in [3.8, 4) is 0 Å². The zero-order chi connectivity index (χ0) is 13.9. The first-order chi connectivity index (χ1) is 8.98. The van der Waals surface area contributed by atoms with E-state index in [1.807, 2.05) is 6.92 Å². The summed E-state index contributed by atoms with van der Waals surface area (Å²) >= 11 is 0. The quantitative estimate of drug-likeness (QED) is 0.580. The molecule has 0 saturated carbocycles. The average Bonchev–Trinajstić information content (AvgIpc) is 2.50. The van der Waals surface area contributed by atoms with E-state index < -0.39 is 9.84 Å². The number of hydrogen-bond acceptors (Lipinski definition) is 7. The first kappa shape index (κ1) is 14.2. The second-order valence-electron chi connectivity index (χ2n) is 4.74. The zero-order valence-corrected chi connectivity index (χ0v) is 11.8. The number of sulfone groups is 1. The van der Waals surface area contributed by atoms with Crippen LogP contribution in [0.1, 0.15) is 17.9 Å². The van der Waals surface area contributed by atoms with Gasteiger partial charge in [0.15, 0.2) is 9.84 Å². The number of nitrogens with zero attached hydrogens (tertiary/aromatic N) is 3. The van der Waals surface area contributed by atoms with Crippen LogP contribution in [0, 0.1) is 6.92 Å². The number of nitrogen functional groups attached to an aromatic ring is 1. The summed E-state index contributed by atoms with van der Waals surface area (Å²) in [5.74, 6) is 7.06. The number of anilines is 1. The normalized spacial score (nSPS) is 19.9. The van der Waals surface area contributed by atoms with E-state index in [4.69, 9.17) is 5.84 Å². The van der Waals surface area contributed by atoms with Crippen LogP contribution in [-0.4, -0.2) is 47.9 Å². The van der Waals surface area contributed by atoms with Crippen molar-refractivity contribution in [2.24, 2.45) is 5.84 Å². The molecule has 19 heavy (non-hydrogen) atoms. The van der Waals surface area contributed by atoms with Crippen molar-refractivity contribution in [1.29, 1.82) is 0 Å². The van der Waals surface area contributed by atoms with Crippen LogP contribution in [-0.2, 0) is 16.4 Å². The molecule has 2 rings (SSSR count). The maximum atomic E-state index is 11.5. The molecule has 1 fully saturated rings. The molecule has 106 valence electrons. The van der Waals surface area contributed by atoms with Crippen molar-refractivity contribution in [2.75, 3.05) is 30.0 Å². The summed E-state index contributed by atoms with van der Waals surface area (Å²) in [6.45, 7) is 3.71. The lowest BCUT2D eigenvalue weighted by Crippen LogP contribution is -2.28. The summed E-state index contributed by atoms with van der Waals surface area (Å²) in [7, 11) is -2.88. The molecule has 1 aromatic rings. The Kier molecular flexibility index (Phi) is 4.33. The Morgan fingerprint density at radius 2 is 2.16 bits per heavy atom. The van der Waals surface area contributed by atoms with Gasteiger partial charge in [0, 0.05) is 18.3 Å². The Hall–Kier alpha value is -1.25. The highest BCUT2D eigenvalue weighted by atomic mass is 32.2. The van der Waals surface area contributed by atoms with E-state index in [0.29, 0.717) is 31.2 Å². The van der Waals surface area contributed by atoms with Gasteiger partial charge in [-0.3, -0.25) is 4.90 Å². The minimum atomic E-state index is -2.88. The molecule has 1 aliphatic heterocycles. The van der Waals surface area contributed by atoms with E-state index in [0.717, 1.165) is 12.2 Å². The van der Waals surface area contributed by atoms with Crippen molar-refractivity contribution in [3.63, 3.8) is 0 Å². The molecule has 7 nitrogen and oxygen atoms in total. The molecular formula is C11H19N5O2S. The SMILES string of the molecule is Cc1cc(NN)nc(CN2CCCS(=O)(=O)CC2)n1. The number of aromatic nitrogens is 2. The highest BCUT2D eigenvalue weighted by Gasteiger charge is 2.19. The van der Waals surface area contributed by atoms with Gasteiger partial charge in [0.2, 0.25) is 0 Å². The molecule has 8 heteroatoms. The first-order valence-electron chi connectivity index (χ1n) is 6.22. The second kappa shape index (κ2) is 5.81. The van der Waals surface area contributed by atoms with Gasteiger partial charge in [0.1, 0.15) is 11.6 Å². The van der Waals surface area contributed by atoms with Crippen LogP contribution in [0.3, 0.4) is 0 Å². The van der Waals surface area contributed by atoms with Gasteiger partial charge in [-0.2, -0.15) is 0 Å². The van der Waals surface area contributed by atoms with Crippen LogP contribution >= 0.6 is 0 Å². The standard InChI is InChI=1S/C11H19N5O2S/c1-9-7-10(15-12)14-11(13-9)8-16-3-2-5-19(17,18)6-4-16/h7H,2-6,8,12H2,1H3,(H,13,14,15). The second-order valence-corrected chi connectivity index (χ2v) is 7.04. The van der Waals surface area contributed by atoms with Crippen LogP contribution in [0.15, 0.2) is 6.07 Å². The molecule has 1 aromatic heterocycles. The molecule has 1 saturated heterocycles. The molecule has 0 radical (unpaired) electrons. The molecule has 1 aliphatic rings. The largest absolute Gasteiger partial charge is 0.308 e. The highest BCUT2D eigenvalue weighted by Crippen LogP contribution is 2.10. The third-order valence-corrected chi connectivity index (χ3v) is 4.78. The number of rotatable bonds is 3. The molecule has 0 aliphatic carbocycles. The van der Waals surface area contributed by atoms with E-state index in [2.05, 4.69) is 20.3 Å². The topological polar surface area (TPSA) is 101 Å². The molecule has 0 unspecified atom stereocenters. The van der Waals surface area contributed by atoms with E-state index in [1.165, 1.54) is 0 Å². The molecule has 2 heterocycles. The predicted octanol–water partition coefficient (Wildman–Crippen LogP) is -0.309. The summed E-state index contributed by atoms with van der Waals surface area (Å²) in [5.41, 5.74) is 3.34. The van der Waals surface area contributed by atoms with E-state index in [-0.39, 0.29) is 11.5 Å². The lowest BCUT2D eigenvalue weighted by Gasteiger charge is -2.18. The van der Waals surface area contributed by atoms with Crippen LogP contribution in [0.5, 0.6) is 0 Å². The third-order valence-electron chi connectivity index (χ3n) is 3.06. The van der Waals surface area contributed by atoms with Gasteiger partial charge in [0.05, 0.1) is 18.1 Å². The van der Waals surface area contributed by atoms with Crippen LogP contribution in [0.25, 0.3) is 0 Å². The molecule has 0 bridgehead atoms. The third kappa shape index (κ3) is 4.12. The van der Waals surface area contributed by atoms with Crippen molar-refractivity contribution in [2.45, 2.75) is 19.9 Å².